The highest BCUT2D eigenvalue weighted by molar-refractivity contribution is 9.10. The normalized spacial score (nSPS) is 10.7. The van der Waals surface area contributed by atoms with Gasteiger partial charge in [0.25, 0.3) is 0 Å². The maximum absolute atomic E-state index is 5.43. The highest BCUT2D eigenvalue weighted by Gasteiger charge is 2.08. The van der Waals surface area contributed by atoms with Crippen LogP contribution in [0.25, 0.3) is 0 Å². The minimum absolute atomic E-state index is 0.765. The van der Waals surface area contributed by atoms with Gasteiger partial charge in [0.2, 0.25) is 0 Å². The fourth-order valence-electron chi connectivity index (χ4n) is 1.91. The molecule has 0 aliphatic rings. The molecule has 0 atom stereocenters. The molecule has 0 fully saturated rings. The Kier molecular flexibility index (Phi) is 8.10. The lowest BCUT2D eigenvalue weighted by Gasteiger charge is -2.23. The summed E-state index contributed by atoms with van der Waals surface area (Å²) in [4.78, 5) is 2.25. The molecule has 0 aromatic heterocycles. The zero-order valence-electron chi connectivity index (χ0n) is 12.2. The van der Waals surface area contributed by atoms with Crippen LogP contribution in [0.5, 0.6) is 0 Å². The summed E-state index contributed by atoms with van der Waals surface area (Å²) < 4.78 is 6.54. The van der Waals surface area contributed by atoms with Crippen LogP contribution in [0.1, 0.15) is 25.8 Å². The molecule has 1 rings (SSSR count). The fraction of sp³-hybridized carbons (Fsp3) is 0.600. The molecule has 0 bridgehead atoms. The van der Waals surface area contributed by atoms with Gasteiger partial charge in [-0.05, 0) is 37.6 Å². The molecule has 108 valence electrons. The summed E-state index contributed by atoms with van der Waals surface area (Å²) in [5, 5.41) is 3.46. The van der Waals surface area contributed by atoms with E-state index in [9.17, 15) is 0 Å². The lowest BCUT2D eigenvalue weighted by molar-refractivity contribution is 0.154. The third-order valence-electron chi connectivity index (χ3n) is 2.98. The van der Waals surface area contributed by atoms with Crippen molar-refractivity contribution >= 4 is 21.6 Å². The monoisotopic (exact) mass is 328 g/mol. The number of anilines is 1. The van der Waals surface area contributed by atoms with Gasteiger partial charge >= 0.3 is 0 Å². The second kappa shape index (κ2) is 9.34. The van der Waals surface area contributed by atoms with E-state index in [4.69, 9.17) is 4.74 Å². The number of likely N-dealkylation sites (N-methyl/N-ethyl adjacent to an activating group) is 1. The lowest BCUT2D eigenvalue weighted by Crippen LogP contribution is -2.25. The Morgan fingerprint density at radius 1 is 1.32 bits per heavy atom. The first-order chi connectivity index (χ1) is 9.19. The molecule has 0 saturated carbocycles. The van der Waals surface area contributed by atoms with Gasteiger partial charge in [0, 0.05) is 36.9 Å². The minimum atomic E-state index is 0.765. The van der Waals surface area contributed by atoms with Crippen molar-refractivity contribution in [3.63, 3.8) is 0 Å². The van der Waals surface area contributed by atoms with Crippen molar-refractivity contribution in [3.8, 4) is 0 Å². The molecule has 1 N–H and O–H groups in total. The van der Waals surface area contributed by atoms with Crippen molar-refractivity contribution in [1.29, 1.82) is 0 Å². The molecule has 0 aliphatic carbocycles. The van der Waals surface area contributed by atoms with Crippen LogP contribution in [0.4, 0.5) is 5.69 Å². The zero-order valence-corrected chi connectivity index (χ0v) is 13.8. The van der Waals surface area contributed by atoms with E-state index in [1.807, 2.05) is 6.92 Å². The zero-order chi connectivity index (χ0) is 14.1. The number of hydrogen-bond acceptors (Lipinski definition) is 3. The Bertz CT molecular complexity index is 371. The summed E-state index contributed by atoms with van der Waals surface area (Å²) in [5.74, 6) is 0. The van der Waals surface area contributed by atoms with E-state index in [0.717, 1.165) is 43.7 Å². The van der Waals surface area contributed by atoms with E-state index in [1.54, 1.807) is 0 Å². The van der Waals surface area contributed by atoms with Gasteiger partial charge in [0.15, 0.2) is 0 Å². The number of benzene rings is 1. The van der Waals surface area contributed by atoms with Gasteiger partial charge in [-0.2, -0.15) is 0 Å². The van der Waals surface area contributed by atoms with Crippen LogP contribution in [-0.4, -0.2) is 33.4 Å². The molecular formula is C15H25BrN2O. The van der Waals surface area contributed by atoms with E-state index in [2.05, 4.69) is 58.3 Å². The Balaban J connectivity index is 2.69. The molecular weight excluding hydrogens is 304 g/mol. The highest BCUT2D eigenvalue weighted by atomic mass is 79.9. The number of halogens is 1. The number of nitrogens with zero attached hydrogens (tertiary/aromatic N) is 1. The standard InChI is InChI=1S/C15H25BrN2O/c1-4-8-17-12-13-6-7-14(16)11-15(13)18(3)9-10-19-5-2/h6-7,11,17H,4-5,8-10,12H2,1-3H3. The number of nitrogens with one attached hydrogen (secondary N) is 1. The topological polar surface area (TPSA) is 24.5 Å². The van der Waals surface area contributed by atoms with Crippen LogP contribution in [0.15, 0.2) is 22.7 Å². The highest BCUT2D eigenvalue weighted by Crippen LogP contribution is 2.24. The number of rotatable bonds is 9. The van der Waals surface area contributed by atoms with Crippen LogP contribution in [0.2, 0.25) is 0 Å². The third kappa shape index (κ3) is 5.93. The molecule has 4 heteroatoms. The van der Waals surface area contributed by atoms with Crippen molar-refractivity contribution in [2.75, 3.05) is 38.3 Å². The first-order valence-corrected chi connectivity index (χ1v) is 7.76. The largest absolute Gasteiger partial charge is 0.380 e. The molecule has 1 aromatic carbocycles. The van der Waals surface area contributed by atoms with Crippen molar-refractivity contribution < 1.29 is 4.74 Å². The number of ether oxygens (including phenoxy) is 1. The Morgan fingerprint density at radius 3 is 2.79 bits per heavy atom. The van der Waals surface area contributed by atoms with Gasteiger partial charge in [-0.1, -0.05) is 28.9 Å². The molecule has 1 aromatic rings. The first kappa shape index (κ1) is 16.5. The molecule has 3 nitrogen and oxygen atoms in total. The van der Waals surface area contributed by atoms with Crippen LogP contribution < -0.4 is 10.2 Å². The maximum atomic E-state index is 5.43. The van der Waals surface area contributed by atoms with E-state index < -0.39 is 0 Å². The fourth-order valence-corrected chi connectivity index (χ4v) is 2.26. The SMILES string of the molecule is CCCNCc1ccc(Br)cc1N(C)CCOCC. The molecule has 0 saturated heterocycles. The van der Waals surface area contributed by atoms with E-state index in [0.29, 0.717) is 0 Å². The predicted molar refractivity (Wildman–Crippen MR) is 85.9 cm³/mol. The minimum Gasteiger partial charge on any atom is -0.380 e. The predicted octanol–water partition coefficient (Wildman–Crippen LogP) is 3.42. The summed E-state index contributed by atoms with van der Waals surface area (Å²) in [6.45, 7) is 8.63. The van der Waals surface area contributed by atoms with Gasteiger partial charge in [-0.15, -0.1) is 0 Å². The Hall–Kier alpha value is -0.580. The molecule has 0 heterocycles. The van der Waals surface area contributed by atoms with Crippen molar-refractivity contribution in [3.05, 3.63) is 28.2 Å². The maximum Gasteiger partial charge on any atom is 0.0641 e. The van der Waals surface area contributed by atoms with Gasteiger partial charge in [-0.25, -0.2) is 0 Å². The van der Waals surface area contributed by atoms with Gasteiger partial charge in [0.1, 0.15) is 0 Å². The van der Waals surface area contributed by atoms with Crippen LogP contribution in [0.3, 0.4) is 0 Å². The second-order valence-corrected chi connectivity index (χ2v) is 5.48. The van der Waals surface area contributed by atoms with Gasteiger partial charge in [-0.3, -0.25) is 0 Å². The second-order valence-electron chi connectivity index (χ2n) is 4.57. The molecule has 0 aliphatic heterocycles. The summed E-state index contributed by atoms with van der Waals surface area (Å²) in [5.41, 5.74) is 2.59. The van der Waals surface area contributed by atoms with Crippen molar-refractivity contribution in [2.45, 2.75) is 26.8 Å². The Labute approximate surface area is 125 Å². The molecule has 0 radical (unpaired) electrons. The van der Waals surface area contributed by atoms with Crippen LogP contribution >= 0.6 is 15.9 Å². The van der Waals surface area contributed by atoms with Crippen molar-refractivity contribution in [1.82, 2.24) is 5.32 Å². The van der Waals surface area contributed by atoms with Gasteiger partial charge < -0.3 is 15.0 Å². The molecule has 19 heavy (non-hydrogen) atoms. The molecule has 0 unspecified atom stereocenters. The van der Waals surface area contributed by atoms with E-state index >= 15 is 0 Å². The summed E-state index contributed by atoms with van der Waals surface area (Å²) in [6, 6.07) is 6.46. The van der Waals surface area contributed by atoms with Crippen LogP contribution in [-0.2, 0) is 11.3 Å². The molecule has 0 amide bonds. The first-order valence-electron chi connectivity index (χ1n) is 6.97. The smallest absolute Gasteiger partial charge is 0.0641 e. The van der Waals surface area contributed by atoms with Crippen molar-refractivity contribution in [2.24, 2.45) is 0 Å². The third-order valence-corrected chi connectivity index (χ3v) is 3.47. The van der Waals surface area contributed by atoms with E-state index in [1.165, 1.54) is 11.3 Å². The van der Waals surface area contributed by atoms with E-state index in [-0.39, 0.29) is 0 Å². The average molecular weight is 329 g/mol. The van der Waals surface area contributed by atoms with Crippen LogP contribution in [0, 0.1) is 0 Å². The lowest BCUT2D eigenvalue weighted by atomic mass is 10.1. The Morgan fingerprint density at radius 2 is 2.11 bits per heavy atom. The summed E-state index contributed by atoms with van der Waals surface area (Å²) in [6.07, 6.45) is 1.16. The molecule has 0 spiro atoms. The van der Waals surface area contributed by atoms with Gasteiger partial charge in [0.05, 0.1) is 6.61 Å². The average Bonchev–Trinajstić information content (AvgIpc) is 2.40. The summed E-state index contributed by atoms with van der Waals surface area (Å²) >= 11 is 3.55. The summed E-state index contributed by atoms with van der Waals surface area (Å²) in [7, 11) is 2.12. The number of hydrogen-bond donors (Lipinski definition) is 1. The quantitative estimate of drug-likeness (QED) is 0.703.